The first-order valence-corrected chi connectivity index (χ1v) is 4.79. The molecule has 0 heterocycles. The van der Waals surface area contributed by atoms with Crippen LogP contribution in [0, 0.1) is 5.92 Å². The summed E-state index contributed by atoms with van der Waals surface area (Å²) in [6, 6.07) is 0. The van der Waals surface area contributed by atoms with Crippen LogP contribution in [0.4, 0.5) is 0 Å². The SMILES string of the molecule is CC/C(C)=C(/CC)CC(C)C. The van der Waals surface area contributed by atoms with Crippen molar-refractivity contribution in [3.05, 3.63) is 11.1 Å². The number of hydrogen-bond acceptors (Lipinski definition) is 0. The summed E-state index contributed by atoms with van der Waals surface area (Å²) in [4.78, 5) is 0. The smallest absolute Gasteiger partial charge is 0.0295 e. The molecule has 0 saturated heterocycles. The van der Waals surface area contributed by atoms with Gasteiger partial charge in [0.05, 0.1) is 0 Å². The molecule has 0 aliphatic carbocycles. The minimum absolute atomic E-state index is 0.812. The fraction of sp³-hybridized carbons (Fsp3) is 0.818. The monoisotopic (exact) mass is 154 g/mol. The maximum atomic E-state index is 2.29. The van der Waals surface area contributed by atoms with E-state index in [1.54, 1.807) is 11.1 Å². The van der Waals surface area contributed by atoms with Crippen LogP contribution in [0.2, 0.25) is 0 Å². The van der Waals surface area contributed by atoms with Gasteiger partial charge in [-0.1, -0.05) is 38.8 Å². The standard InChI is InChI=1S/C11H22/c1-6-10(5)11(7-2)8-9(3)4/h9H,6-8H2,1-5H3/b11-10-. The minimum Gasteiger partial charge on any atom is -0.0744 e. The van der Waals surface area contributed by atoms with Crippen LogP contribution >= 0.6 is 0 Å². The molecule has 0 atom stereocenters. The summed E-state index contributed by atoms with van der Waals surface area (Å²) < 4.78 is 0. The van der Waals surface area contributed by atoms with Crippen LogP contribution in [0.3, 0.4) is 0 Å². The molecule has 66 valence electrons. The first-order chi connectivity index (χ1) is 5.11. The van der Waals surface area contributed by atoms with E-state index in [2.05, 4.69) is 34.6 Å². The summed E-state index contributed by atoms with van der Waals surface area (Å²) in [5, 5.41) is 0. The molecule has 0 saturated carbocycles. The Morgan fingerprint density at radius 2 is 1.64 bits per heavy atom. The third-order valence-electron chi connectivity index (χ3n) is 2.22. The summed E-state index contributed by atoms with van der Waals surface area (Å²) in [6.07, 6.45) is 3.74. The summed E-state index contributed by atoms with van der Waals surface area (Å²) in [5.41, 5.74) is 3.27. The van der Waals surface area contributed by atoms with Crippen molar-refractivity contribution in [2.24, 2.45) is 5.92 Å². The Bertz CT molecular complexity index is 129. The molecule has 0 aromatic heterocycles. The molecule has 0 amide bonds. The molecule has 0 N–H and O–H groups in total. The van der Waals surface area contributed by atoms with Crippen molar-refractivity contribution in [3.63, 3.8) is 0 Å². The van der Waals surface area contributed by atoms with E-state index in [1.165, 1.54) is 19.3 Å². The quantitative estimate of drug-likeness (QED) is 0.533. The fourth-order valence-electron chi connectivity index (χ4n) is 1.36. The highest BCUT2D eigenvalue weighted by atomic mass is 14.1. The highest BCUT2D eigenvalue weighted by Gasteiger charge is 2.01. The maximum absolute atomic E-state index is 2.29. The molecule has 0 unspecified atom stereocenters. The average molecular weight is 154 g/mol. The highest BCUT2D eigenvalue weighted by molar-refractivity contribution is 5.11. The lowest BCUT2D eigenvalue weighted by Crippen LogP contribution is -1.93. The molecule has 0 spiro atoms. The van der Waals surface area contributed by atoms with Gasteiger partial charge in [0.2, 0.25) is 0 Å². The Kier molecular flexibility index (Phi) is 5.27. The molecule has 0 rings (SSSR count). The summed E-state index contributed by atoms with van der Waals surface area (Å²) in [6.45, 7) is 11.3. The van der Waals surface area contributed by atoms with Crippen molar-refractivity contribution in [2.45, 2.75) is 53.9 Å². The molecule has 0 bridgehead atoms. The van der Waals surface area contributed by atoms with Crippen molar-refractivity contribution in [3.8, 4) is 0 Å². The van der Waals surface area contributed by atoms with E-state index in [0.717, 1.165) is 5.92 Å². The van der Waals surface area contributed by atoms with Gasteiger partial charge in [-0.3, -0.25) is 0 Å². The van der Waals surface area contributed by atoms with Gasteiger partial charge in [-0.25, -0.2) is 0 Å². The fourth-order valence-corrected chi connectivity index (χ4v) is 1.36. The third-order valence-corrected chi connectivity index (χ3v) is 2.22. The van der Waals surface area contributed by atoms with Crippen LogP contribution in [-0.2, 0) is 0 Å². The second-order valence-corrected chi connectivity index (χ2v) is 3.69. The van der Waals surface area contributed by atoms with Crippen LogP contribution in [0.25, 0.3) is 0 Å². The minimum atomic E-state index is 0.812. The predicted octanol–water partition coefficient (Wildman–Crippen LogP) is 4.17. The molecular weight excluding hydrogens is 132 g/mol. The summed E-state index contributed by atoms with van der Waals surface area (Å²) in [5.74, 6) is 0.812. The van der Waals surface area contributed by atoms with Crippen LogP contribution in [0.1, 0.15) is 53.9 Å². The van der Waals surface area contributed by atoms with Crippen molar-refractivity contribution in [1.29, 1.82) is 0 Å². The Morgan fingerprint density at radius 3 is 1.91 bits per heavy atom. The number of hydrogen-bond donors (Lipinski definition) is 0. The second-order valence-electron chi connectivity index (χ2n) is 3.69. The van der Waals surface area contributed by atoms with Gasteiger partial charge >= 0.3 is 0 Å². The van der Waals surface area contributed by atoms with Gasteiger partial charge in [0.15, 0.2) is 0 Å². The summed E-state index contributed by atoms with van der Waals surface area (Å²) >= 11 is 0. The summed E-state index contributed by atoms with van der Waals surface area (Å²) in [7, 11) is 0. The van der Waals surface area contributed by atoms with Gasteiger partial charge in [-0.2, -0.15) is 0 Å². The predicted molar refractivity (Wildman–Crippen MR) is 52.7 cm³/mol. The lowest BCUT2D eigenvalue weighted by molar-refractivity contribution is 0.623. The second kappa shape index (κ2) is 5.40. The molecule has 0 aliphatic rings. The van der Waals surface area contributed by atoms with Crippen LogP contribution in [0.5, 0.6) is 0 Å². The van der Waals surface area contributed by atoms with Crippen LogP contribution in [0.15, 0.2) is 11.1 Å². The Labute approximate surface area is 71.7 Å². The Hall–Kier alpha value is -0.260. The first-order valence-electron chi connectivity index (χ1n) is 4.79. The van der Waals surface area contributed by atoms with Crippen LogP contribution in [-0.4, -0.2) is 0 Å². The zero-order chi connectivity index (χ0) is 8.85. The van der Waals surface area contributed by atoms with E-state index >= 15 is 0 Å². The molecule has 11 heavy (non-hydrogen) atoms. The maximum Gasteiger partial charge on any atom is -0.0295 e. The van der Waals surface area contributed by atoms with Gasteiger partial charge in [0.25, 0.3) is 0 Å². The van der Waals surface area contributed by atoms with Crippen LogP contribution < -0.4 is 0 Å². The molecular formula is C11H22. The number of allylic oxidation sites excluding steroid dienone is 2. The molecule has 0 nitrogen and oxygen atoms in total. The Morgan fingerprint density at radius 1 is 1.09 bits per heavy atom. The molecule has 0 radical (unpaired) electrons. The molecule has 0 aromatic carbocycles. The van der Waals surface area contributed by atoms with Gasteiger partial charge in [-0.15, -0.1) is 0 Å². The largest absolute Gasteiger partial charge is 0.0744 e. The van der Waals surface area contributed by atoms with E-state index in [0.29, 0.717) is 0 Å². The Balaban J connectivity index is 4.14. The van der Waals surface area contributed by atoms with Gasteiger partial charge in [0.1, 0.15) is 0 Å². The molecule has 0 fully saturated rings. The van der Waals surface area contributed by atoms with Gasteiger partial charge in [-0.05, 0) is 32.1 Å². The lowest BCUT2D eigenvalue weighted by Gasteiger charge is -2.11. The third kappa shape index (κ3) is 4.23. The lowest BCUT2D eigenvalue weighted by atomic mass is 9.96. The molecule has 0 aliphatic heterocycles. The molecule has 0 heteroatoms. The topological polar surface area (TPSA) is 0 Å². The normalized spacial score (nSPS) is 13.6. The van der Waals surface area contributed by atoms with E-state index in [4.69, 9.17) is 0 Å². The first kappa shape index (κ1) is 10.7. The van der Waals surface area contributed by atoms with Crippen molar-refractivity contribution in [1.82, 2.24) is 0 Å². The van der Waals surface area contributed by atoms with E-state index in [9.17, 15) is 0 Å². The molecule has 0 aromatic rings. The zero-order valence-corrected chi connectivity index (χ0v) is 8.70. The van der Waals surface area contributed by atoms with Crippen molar-refractivity contribution >= 4 is 0 Å². The number of rotatable bonds is 4. The highest BCUT2D eigenvalue weighted by Crippen LogP contribution is 2.19. The van der Waals surface area contributed by atoms with Crippen molar-refractivity contribution in [2.75, 3.05) is 0 Å². The van der Waals surface area contributed by atoms with Gasteiger partial charge < -0.3 is 0 Å². The average Bonchev–Trinajstić information content (AvgIpc) is 1.98. The zero-order valence-electron chi connectivity index (χ0n) is 8.70. The van der Waals surface area contributed by atoms with E-state index in [1.807, 2.05) is 0 Å². The van der Waals surface area contributed by atoms with E-state index < -0.39 is 0 Å². The van der Waals surface area contributed by atoms with E-state index in [-0.39, 0.29) is 0 Å². The van der Waals surface area contributed by atoms with Crippen molar-refractivity contribution < 1.29 is 0 Å². The van der Waals surface area contributed by atoms with Gasteiger partial charge in [0, 0.05) is 0 Å².